The summed E-state index contributed by atoms with van der Waals surface area (Å²) in [6.07, 6.45) is 6.42. The second-order valence-corrected chi connectivity index (χ2v) is 5.24. The van der Waals surface area contributed by atoms with E-state index in [0.717, 1.165) is 36.5 Å². The Bertz CT molecular complexity index is 705. The van der Waals surface area contributed by atoms with Gasteiger partial charge < -0.3 is 0 Å². The van der Waals surface area contributed by atoms with Gasteiger partial charge in [-0.2, -0.15) is 0 Å². The molecule has 6 nitrogen and oxygen atoms in total. The standard InChI is InChI=1S/C16H18N6/c1-13-10-18-15(11-17-13)12-22-16(19-20-21-22)9-5-8-14-6-3-2-4-7-14/h2-4,6-7,10-11H,5,8-9,12H2,1H3. The summed E-state index contributed by atoms with van der Waals surface area (Å²) in [6.45, 7) is 2.48. The lowest BCUT2D eigenvalue weighted by molar-refractivity contribution is 0.597. The summed E-state index contributed by atoms with van der Waals surface area (Å²) in [5, 5.41) is 11.9. The predicted molar refractivity (Wildman–Crippen MR) is 82.2 cm³/mol. The van der Waals surface area contributed by atoms with E-state index < -0.39 is 0 Å². The predicted octanol–water partition coefficient (Wildman–Crippen LogP) is 2.00. The average molecular weight is 294 g/mol. The second-order valence-electron chi connectivity index (χ2n) is 5.24. The molecule has 1 aromatic carbocycles. The maximum Gasteiger partial charge on any atom is 0.151 e. The van der Waals surface area contributed by atoms with E-state index in [1.54, 1.807) is 17.1 Å². The van der Waals surface area contributed by atoms with Gasteiger partial charge in [-0.25, -0.2) is 4.68 Å². The lowest BCUT2D eigenvalue weighted by atomic mass is 10.1. The van der Waals surface area contributed by atoms with Gasteiger partial charge in [0, 0.05) is 12.6 Å². The van der Waals surface area contributed by atoms with Crippen LogP contribution in [-0.4, -0.2) is 30.2 Å². The Labute approximate surface area is 129 Å². The van der Waals surface area contributed by atoms with E-state index in [1.165, 1.54) is 5.56 Å². The highest BCUT2D eigenvalue weighted by Gasteiger charge is 2.07. The molecule has 3 rings (SSSR count). The molecule has 0 unspecified atom stereocenters. The zero-order valence-electron chi connectivity index (χ0n) is 12.6. The molecule has 0 radical (unpaired) electrons. The summed E-state index contributed by atoms with van der Waals surface area (Å²) < 4.78 is 1.80. The Hall–Kier alpha value is -2.63. The molecule has 0 saturated carbocycles. The molecule has 0 bridgehead atoms. The SMILES string of the molecule is Cc1cnc(Cn2nnnc2CCCc2ccccc2)cn1. The second kappa shape index (κ2) is 6.89. The molecule has 0 amide bonds. The Balaban J connectivity index is 1.59. The molecule has 0 aliphatic rings. The third-order valence-electron chi connectivity index (χ3n) is 3.46. The molecular weight excluding hydrogens is 276 g/mol. The van der Waals surface area contributed by atoms with Gasteiger partial charge in [-0.15, -0.1) is 5.10 Å². The first-order chi connectivity index (χ1) is 10.8. The molecule has 0 aliphatic heterocycles. The fourth-order valence-electron chi connectivity index (χ4n) is 2.27. The van der Waals surface area contributed by atoms with Crippen LogP contribution in [0, 0.1) is 6.92 Å². The van der Waals surface area contributed by atoms with E-state index in [-0.39, 0.29) is 0 Å². The van der Waals surface area contributed by atoms with E-state index in [0.29, 0.717) is 6.54 Å². The molecule has 0 aliphatic carbocycles. The Morgan fingerprint density at radius 2 is 1.86 bits per heavy atom. The van der Waals surface area contributed by atoms with E-state index >= 15 is 0 Å². The van der Waals surface area contributed by atoms with Gasteiger partial charge in [0.25, 0.3) is 0 Å². The van der Waals surface area contributed by atoms with Crippen LogP contribution in [0.4, 0.5) is 0 Å². The molecule has 2 aromatic heterocycles. The molecule has 112 valence electrons. The number of tetrazole rings is 1. The Morgan fingerprint density at radius 1 is 1.00 bits per heavy atom. The maximum atomic E-state index is 4.34. The maximum absolute atomic E-state index is 4.34. The van der Waals surface area contributed by atoms with Gasteiger partial charge in [-0.1, -0.05) is 30.3 Å². The van der Waals surface area contributed by atoms with Crippen LogP contribution < -0.4 is 0 Å². The van der Waals surface area contributed by atoms with Crippen LogP contribution in [0.5, 0.6) is 0 Å². The van der Waals surface area contributed by atoms with Gasteiger partial charge in [0.1, 0.15) is 0 Å². The minimum atomic E-state index is 0.556. The summed E-state index contributed by atoms with van der Waals surface area (Å²) in [5.74, 6) is 0.887. The van der Waals surface area contributed by atoms with Crippen molar-refractivity contribution in [3.05, 3.63) is 65.5 Å². The summed E-state index contributed by atoms with van der Waals surface area (Å²) in [7, 11) is 0. The number of hydrogen-bond acceptors (Lipinski definition) is 5. The fourth-order valence-corrected chi connectivity index (χ4v) is 2.27. The van der Waals surface area contributed by atoms with Crippen LogP contribution in [0.25, 0.3) is 0 Å². The smallest absolute Gasteiger partial charge is 0.151 e. The van der Waals surface area contributed by atoms with Crippen LogP contribution in [0.2, 0.25) is 0 Å². The van der Waals surface area contributed by atoms with Crippen LogP contribution in [-0.2, 0) is 19.4 Å². The largest absolute Gasteiger partial charge is 0.258 e. The highest BCUT2D eigenvalue weighted by molar-refractivity contribution is 5.14. The van der Waals surface area contributed by atoms with Crippen molar-refractivity contribution in [2.75, 3.05) is 0 Å². The van der Waals surface area contributed by atoms with Crippen LogP contribution in [0.1, 0.15) is 29.2 Å². The average Bonchev–Trinajstić information content (AvgIpc) is 2.98. The molecular formula is C16H18N6. The fraction of sp³-hybridized carbons (Fsp3) is 0.312. The van der Waals surface area contributed by atoms with Gasteiger partial charge >= 0.3 is 0 Å². The Morgan fingerprint density at radius 3 is 2.64 bits per heavy atom. The zero-order chi connectivity index (χ0) is 15.2. The van der Waals surface area contributed by atoms with Gasteiger partial charge in [0.05, 0.1) is 24.1 Å². The summed E-state index contributed by atoms with van der Waals surface area (Å²) in [5.41, 5.74) is 3.11. The van der Waals surface area contributed by atoms with Gasteiger partial charge in [0.2, 0.25) is 0 Å². The number of aryl methyl sites for hydroxylation is 3. The molecule has 0 saturated heterocycles. The zero-order valence-corrected chi connectivity index (χ0v) is 12.6. The van der Waals surface area contributed by atoms with Crippen molar-refractivity contribution < 1.29 is 0 Å². The van der Waals surface area contributed by atoms with Crippen molar-refractivity contribution >= 4 is 0 Å². The molecule has 6 heteroatoms. The normalized spacial score (nSPS) is 10.8. The molecule has 22 heavy (non-hydrogen) atoms. The van der Waals surface area contributed by atoms with Crippen LogP contribution in [0.15, 0.2) is 42.7 Å². The minimum Gasteiger partial charge on any atom is -0.258 e. The van der Waals surface area contributed by atoms with Gasteiger partial charge in [-0.05, 0) is 35.8 Å². The van der Waals surface area contributed by atoms with Crippen molar-refractivity contribution in [3.8, 4) is 0 Å². The molecule has 3 aromatic rings. The number of hydrogen-bond donors (Lipinski definition) is 0. The lowest BCUT2D eigenvalue weighted by Crippen LogP contribution is -2.09. The number of benzene rings is 1. The van der Waals surface area contributed by atoms with Crippen molar-refractivity contribution in [1.82, 2.24) is 30.2 Å². The van der Waals surface area contributed by atoms with E-state index in [1.807, 2.05) is 13.0 Å². The summed E-state index contributed by atoms with van der Waals surface area (Å²) in [4.78, 5) is 8.59. The van der Waals surface area contributed by atoms with Gasteiger partial charge in [-0.3, -0.25) is 9.97 Å². The summed E-state index contributed by atoms with van der Waals surface area (Å²) >= 11 is 0. The summed E-state index contributed by atoms with van der Waals surface area (Å²) in [6, 6.07) is 10.5. The third-order valence-corrected chi connectivity index (χ3v) is 3.46. The molecule has 2 heterocycles. The molecule has 0 fully saturated rings. The lowest BCUT2D eigenvalue weighted by Gasteiger charge is -2.04. The number of rotatable bonds is 6. The first-order valence-corrected chi connectivity index (χ1v) is 7.38. The van der Waals surface area contributed by atoms with E-state index in [9.17, 15) is 0 Å². The van der Waals surface area contributed by atoms with Crippen LogP contribution >= 0.6 is 0 Å². The third kappa shape index (κ3) is 3.72. The van der Waals surface area contributed by atoms with Crippen LogP contribution in [0.3, 0.4) is 0 Å². The topological polar surface area (TPSA) is 69.4 Å². The quantitative estimate of drug-likeness (QED) is 0.695. The van der Waals surface area contributed by atoms with Crippen molar-refractivity contribution in [2.24, 2.45) is 0 Å². The first-order valence-electron chi connectivity index (χ1n) is 7.38. The Kier molecular flexibility index (Phi) is 4.48. The first kappa shape index (κ1) is 14.3. The van der Waals surface area contributed by atoms with E-state index in [4.69, 9.17) is 0 Å². The van der Waals surface area contributed by atoms with Crippen molar-refractivity contribution in [1.29, 1.82) is 0 Å². The monoisotopic (exact) mass is 294 g/mol. The van der Waals surface area contributed by atoms with E-state index in [2.05, 4.69) is 49.8 Å². The molecule has 0 atom stereocenters. The highest BCUT2D eigenvalue weighted by Crippen LogP contribution is 2.07. The highest BCUT2D eigenvalue weighted by atomic mass is 15.5. The minimum absolute atomic E-state index is 0.556. The number of nitrogens with zero attached hydrogens (tertiary/aromatic N) is 6. The van der Waals surface area contributed by atoms with Crippen molar-refractivity contribution in [3.63, 3.8) is 0 Å². The number of aromatic nitrogens is 6. The van der Waals surface area contributed by atoms with Gasteiger partial charge in [0.15, 0.2) is 5.82 Å². The molecule has 0 N–H and O–H groups in total. The molecule has 0 spiro atoms. The van der Waals surface area contributed by atoms with Crippen molar-refractivity contribution in [2.45, 2.75) is 32.7 Å².